The van der Waals surface area contributed by atoms with Gasteiger partial charge >= 0.3 is 6.18 Å². The van der Waals surface area contributed by atoms with Crippen LogP contribution in [0.3, 0.4) is 0 Å². The van der Waals surface area contributed by atoms with Crippen molar-refractivity contribution in [1.82, 2.24) is 9.97 Å². The van der Waals surface area contributed by atoms with Crippen LogP contribution in [0.4, 0.5) is 30.4 Å². The number of carbonyl (C=O) groups is 1. The number of alkyl halides is 3. The number of para-hydroxylation sites is 2. The molecule has 6 nitrogen and oxygen atoms in total. The second kappa shape index (κ2) is 7.95. The van der Waals surface area contributed by atoms with Crippen molar-refractivity contribution < 1.29 is 22.7 Å². The molecule has 144 valence electrons. The number of nitrogens with zero attached hydrogens (tertiary/aromatic N) is 2. The molecule has 0 fully saturated rings. The minimum atomic E-state index is -4.44. The number of benzene rings is 2. The molecule has 0 bridgehead atoms. The third-order valence-corrected chi connectivity index (χ3v) is 3.70. The van der Waals surface area contributed by atoms with Crippen LogP contribution in [0.5, 0.6) is 5.75 Å². The van der Waals surface area contributed by atoms with Gasteiger partial charge in [-0.15, -0.1) is 0 Å². The fourth-order valence-electron chi connectivity index (χ4n) is 2.37. The van der Waals surface area contributed by atoms with Gasteiger partial charge in [0.2, 0.25) is 0 Å². The molecule has 28 heavy (non-hydrogen) atoms. The normalized spacial score (nSPS) is 11.0. The Bertz CT molecular complexity index is 975. The number of ether oxygens (including phenoxy) is 1. The predicted octanol–water partition coefficient (Wildman–Crippen LogP) is 4.50. The number of nitrogens with one attached hydrogen (secondary N) is 2. The Labute approximate surface area is 158 Å². The van der Waals surface area contributed by atoms with E-state index in [0.717, 1.165) is 12.1 Å². The number of aromatic nitrogens is 2. The van der Waals surface area contributed by atoms with Gasteiger partial charge in [0.05, 0.1) is 30.8 Å². The van der Waals surface area contributed by atoms with E-state index >= 15 is 0 Å². The first-order valence-corrected chi connectivity index (χ1v) is 8.07. The zero-order valence-electron chi connectivity index (χ0n) is 14.6. The first-order valence-electron chi connectivity index (χ1n) is 8.07. The zero-order valence-corrected chi connectivity index (χ0v) is 14.6. The van der Waals surface area contributed by atoms with Gasteiger partial charge in [0.15, 0.2) is 0 Å². The lowest BCUT2D eigenvalue weighted by atomic mass is 10.2. The Balaban J connectivity index is 1.71. The van der Waals surface area contributed by atoms with E-state index < -0.39 is 17.6 Å². The topological polar surface area (TPSA) is 76.1 Å². The van der Waals surface area contributed by atoms with Gasteiger partial charge in [0.1, 0.15) is 17.3 Å². The summed E-state index contributed by atoms with van der Waals surface area (Å²) >= 11 is 0. The van der Waals surface area contributed by atoms with E-state index in [-0.39, 0.29) is 17.2 Å². The highest BCUT2D eigenvalue weighted by Gasteiger charge is 2.30. The number of amides is 1. The maximum absolute atomic E-state index is 12.8. The number of halogens is 3. The Kier molecular flexibility index (Phi) is 5.44. The van der Waals surface area contributed by atoms with E-state index in [1.165, 1.54) is 31.6 Å². The van der Waals surface area contributed by atoms with Gasteiger partial charge in [0.25, 0.3) is 5.91 Å². The van der Waals surface area contributed by atoms with Crippen molar-refractivity contribution in [3.05, 3.63) is 72.2 Å². The van der Waals surface area contributed by atoms with Crippen LogP contribution in [0.2, 0.25) is 0 Å². The largest absolute Gasteiger partial charge is 0.495 e. The highest BCUT2D eigenvalue weighted by molar-refractivity contribution is 6.03. The summed E-state index contributed by atoms with van der Waals surface area (Å²) in [4.78, 5) is 20.3. The molecule has 2 aromatic carbocycles. The molecule has 1 heterocycles. The van der Waals surface area contributed by atoms with E-state index in [4.69, 9.17) is 4.74 Å². The lowest BCUT2D eigenvalue weighted by Crippen LogP contribution is -2.14. The molecule has 0 saturated heterocycles. The molecule has 1 amide bonds. The quantitative estimate of drug-likeness (QED) is 0.673. The van der Waals surface area contributed by atoms with Gasteiger partial charge in [0, 0.05) is 5.69 Å². The fraction of sp³-hybridized carbons (Fsp3) is 0.105. The maximum Gasteiger partial charge on any atom is 0.416 e. The van der Waals surface area contributed by atoms with Crippen LogP contribution < -0.4 is 15.4 Å². The number of carbonyl (C=O) groups excluding carboxylic acids is 1. The van der Waals surface area contributed by atoms with Gasteiger partial charge < -0.3 is 15.4 Å². The van der Waals surface area contributed by atoms with Crippen molar-refractivity contribution in [1.29, 1.82) is 0 Å². The molecule has 0 aliphatic rings. The highest BCUT2D eigenvalue weighted by atomic mass is 19.4. The zero-order chi connectivity index (χ0) is 20.1. The number of anilines is 3. The van der Waals surface area contributed by atoms with E-state index in [9.17, 15) is 18.0 Å². The molecule has 0 aliphatic carbocycles. The van der Waals surface area contributed by atoms with Crippen LogP contribution in [-0.2, 0) is 6.18 Å². The second-order valence-electron chi connectivity index (χ2n) is 5.64. The van der Waals surface area contributed by atoms with Crippen molar-refractivity contribution >= 4 is 23.1 Å². The summed E-state index contributed by atoms with van der Waals surface area (Å²) in [7, 11) is 1.49. The molecule has 3 rings (SSSR count). The molecule has 0 spiro atoms. The summed E-state index contributed by atoms with van der Waals surface area (Å²) in [6, 6.07) is 11.6. The summed E-state index contributed by atoms with van der Waals surface area (Å²) < 4.78 is 43.5. The summed E-state index contributed by atoms with van der Waals surface area (Å²) in [6.45, 7) is 0. The minimum Gasteiger partial charge on any atom is -0.495 e. The lowest BCUT2D eigenvalue weighted by Gasteiger charge is -2.11. The summed E-state index contributed by atoms with van der Waals surface area (Å²) in [5.74, 6) is 0.197. The Morgan fingerprint density at radius 3 is 2.50 bits per heavy atom. The average molecular weight is 388 g/mol. The van der Waals surface area contributed by atoms with Crippen molar-refractivity contribution in [2.45, 2.75) is 6.18 Å². The van der Waals surface area contributed by atoms with Gasteiger partial charge in [-0.1, -0.05) is 18.2 Å². The van der Waals surface area contributed by atoms with Crippen LogP contribution in [0.1, 0.15) is 16.1 Å². The Morgan fingerprint density at radius 2 is 1.82 bits per heavy atom. The molecule has 3 aromatic rings. The summed E-state index contributed by atoms with van der Waals surface area (Å²) in [6.07, 6.45) is -1.96. The van der Waals surface area contributed by atoms with E-state index in [1.54, 1.807) is 24.3 Å². The molecule has 0 atom stereocenters. The van der Waals surface area contributed by atoms with Crippen LogP contribution in [0, 0.1) is 0 Å². The third-order valence-electron chi connectivity index (χ3n) is 3.70. The van der Waals surface area contributed by atoms with Crippen LogP contribution in [0.25, 0.3) is 0 Å². The van der Waals surface area contributed by atoms with E-state index in [2.05, 4.69) is 20.6 Å². The van der Waals surface area contributed by atoms with Gasteiger partial charge in [-0.05, 0) is 30.3 Å². The predicted molar refractivity (Wildman–Crippen MR) is 97.7 cm³/mol. The molecular formula is C19H15F3N4O2. The molecule has 2 N–H and O–H groups in total. The van der Waals surface area contributed by atoms with E-state index in [1.807, 2.05) is 0 Å². The molecule has 0 radical (unpaired) electrons. The van der Waals surface area contributed by atoms with Crippen molar-refractivity contribution in [2.75, 3.05) is 17.7 Å². The number of rotatable bonds is 5. The third kappa shape index (κ3) is 4.56. The maximum atomic E-state index is 12.8. The molecule has 1 aromatic heterocycles. The van der Waals surface area contributed by atoms with Crippen LogP contribution in [0.15, 0.2) is 60.9 Å². The first kappa shape index (κ1) is 19.2. The van der Waals surface area contributed by atoms with Crippen molar-refractivity contribution in [2.24, 2.45) is 0 Å². The molecule has 0 aliphatic heterocycles. The second-order valence-corrected chi connectivity index (χ2v) is 5.64. The molecule has 0 saturated carbocycles. The van der Waals surface area contributed by atoms with Gasteiger partial charge in [-0.3, -0.25) is 4.79 Å². The molecular weight excluding hydrogens is 373 g/mol. The average Bonchev–Trinajstić information content (AvgIpc) is 2.68. The summed E-state index contributed by atoms with van der Waals surface area (Å²) in [5.41, 5.74) is -0.0583. The van der Waals surface area contributed by atoms with Crippen molar-refractivity contribution in [3.63, 3.8) is 0 Å². The highest BCUT2D eigenvalue weighted by Crippen LogP contribution is 2.31. The van der Waals surface area contributed by atoms with Gasteiger partial charge in [-0.2, -0.15) is 13.2 Å². The number of hydrogen-bond acceptors (Lipinski definition) is 5. The molecule has 0 unspecified atom stereocenters. The minimum absolute atomic E-state index is 0.0421. The Hall–Kier alpha value is -3.62. The number of hydrogen-bond donors (Lipinski definition) is 2. The standard InChI is InChI=1S/C19H15F3N4O2/c1-28-16-8-3-2-7-14(16)26-18(27)15-10-24-17(11-23-15)25-13-6-4-5-12(9-13)19(20,21)22/h2-11H,1H3,(H,24,25)(H,26,27). The SMILES string of the molecule is COc1ccccc1NC(=O)c1cnc(Nc2cccc(C(F)(F)F)c2)cn1. The Morgan fingerprint density at radius 1 is 1.04 bits per heavy atom. The smallest absolute Gasteiger partial charge is 0.416 e. The first-order chi connectivity index (χ1) is 13.4. The van der Waals surface area contributed by atoms with Crippen LogP contribution in [-0.4, -0.2) is 23.0 Å². The van der Waals surface area contributed by atoms with Gasteiger partial charge in [-0.25, -0.2) is 9.97 Å². The van der Waals surface area contributed by atoms with Crippen molar-refractivity contribution in [3.8, 4) is 5.75 Å². The lowest BCUT2D eigenvalue weighted by molar-refractivity contribution is -0.137. The monoisotopic (exact) mass is 388 g/mol. The fourth-order valence-corrected chi connectivity index (χ4v) is 2.37. The van der Waals surface area contributed by atoms with E-state index in [0.29, 0.717) is 11.4 Å². The summed E-state index contributed by atoms with van der Waals surface area (Å²) in [5, 5.41) is 5.38. The van der Waals surface area contributed by atoms with Crippen LogP contribution >= 0.6 is 0 Å². The number of methoxy groups -OCH3 is 1. The molecule has 9 heteroatoms.